The quantitative estimate of drug-likeness (QED) is 0.660. The third kappa shape index (κ3) is 8.26. The second-order valence-electron chi connectivity index (χ2n) is 6.33. The molecule has 0 saturated heterocycles. The fraction of sp³-hybridized carbons (Fsp3) is 0.381. The Hall–Kier alpha value is -2.34. The molecule has 1 atom stereocenters. The van der Waals surface area contributed by atoms with Crippen molar-refractivity contribution in [1.82, 2.24) is 5.32 Å². The molecule has 0 bridgehead atoms. The fourth-order valence-corrected chi connectivity index (χ4v) is 3.34. The van der Waals surface area contributed by atoms with Crippen molar-refractivity contribution in [1.29, 1.82) is 0 Å². The summed E-state index contributed by atoms with van der Waals surface area (Å²) in [6, 6.07) is 9.62. The first-order valence-electron chi connectivity index (χ1n) is 9.01. The Morgan fingerprint density at radius 1 is 1.19 bits per heavy atom. The molecule has 1 unspecified atom stereocenters. The Balaban J connectivity index is 1.82. The van der Waals surface area contributed by atoms with Gasteiger partial charge in [-0.2, -0.15) is 0 Å². The highest BCUT2D eigenvalue weighted by molar-refractivity contribution is 8.13. The van der Waals surface area contributed by atoms with E-state index >= 15 is 0 Å². The van der Waals surface area contributed by atoms with E-state index < -0.39 is 11.9 Å². The molecule has 27 heavy (non-hydrogen) atoms. The minimum absolute atomic E-state index is 0.0333. The van der Waals surface area contributed by atoms with Crippen LogP contribution in [-0.4, -0.2) is 35.9 Å². The van der Waals surface area contributed by atoms with Gasteiger partial charge in [-0.05, 0) is 30.4 Å². The van der Waals surface area contributed by atoms with Crippen molar-refractivity contribution in [3.05, 3.63) is 59.7 Å². The Bertz CT molecular complexity index is 712. The number of hydrogen-bond acceptors (Lipinski definition) is 5. The van der Waals surface area contributed by atoms with Gasteiger partial charge in [0.1, 0.15) is 13.2 Å². The van der Waals surface area contributed by atoms with Crippen molar-refractivity contribution in [3.63, 3.8) is 0 Å². The van der Waals surface area contributed by atoms with Gasteiger partial charge in [0.05, 0.1) is 5.92 Å². The molecule has 1 N–H and O–H groups in total. The number of carbonyl (C=O) groups is 3. The van der Waals surface area contributed by atoms with Crippen molar-refractivity contribution >= 4 is 28.8 Å². The Labute approximate surface area is 164 Å². The van der Waals surface area contributed by atoms with E-state index in [1.807, 2.05) is 48.6 Å². The number of rotatable bonds is 9. The van der Waals surface area contributed by atoms with Crippen LogP contribution in [0.15, 0.2) is 54.1 Å². The maximum atomic E-state index is 12.5. The topological polar surface area (TPSA) is 72.5 Å². The summed E-state index contributed by atoms with van der Waals surface area (Å²) >= 11 is 1.12. The zero-order valence-electron chi connectivity index (χ0n) is 15.5. The first-order chi connectivity index (χ1) is 13.0. The molecular formula is C21H25NO4S. The van der Waals surface area contributed by atoms with Gasteiger partial charge in [0.25, 0.3) is 0 Å². The number of ether oxygens (including phenoxy) is 1. The maximum absolute atomic E-state index is 12.5. The van der Waals surface area contributed by atoms with Crippen molar-refractivity contribution in [2.45, 2.75) is 26.2 Å². The van der Waals surface area contributed by atoms with Crippen LogP contribution in [0.5, 0.6) is 0 Å². The molecule has 2 rings (SSSR count). The van der Waals surface area contributed by atoms with Gasteiger partial charge in [0.2, 0.25) is 5.91 Å². The second kappa shape index (κ2) is 11.4. The van der Waals surface area contributed by atoms with E-state index in [4.69, 9.17) is 4.74 Å². The molecule has 0 aliphatic heterocycles. The predicted molar refractivity (Wildman–Crippen MR) is 107 cm³/mol. The van der Waals surface area contributed by atoms with Crippen LogP contribution in [0.4, 0.5) is 0 Å². The molecule has 6 heteroatoms. The van der Waals surface area contributed by atoms with Crippen LogP contribution in [0, 0.1) is 5.92 Å². The number of benzene rings is 1. The van der Waals surface area contributed by atoms with E-state index in [-0.39, 0.29) is 24.2 Å². The number of esters is 1. The first kappa shape index (κ1) is 21.0. The molecule has 1 amide bonds. The van der Waals surface area contributed by atoms with Gasteiger partial charge >= 0.3 is 5.97 Å². The lowest BCUT2D eigenvalue weighted by Gasteiger charge is -2.16. The summed E-state index contributed by atoms with van der Waals surface area (Å²) in [5, 5.41) is 2.61. The first-order valence-corrected chi connectivity index (χ1v) is 9.99. The van der Waals surface area contributed by atoms with Gasteiger partial charge in [0.15, 0.2) is 5.12 Å². The number of hydrogen-bond donors (Lipinski definition) is 1. The van der Waals surface area contributed by atoms with Crippen LogP contribution in [-0.2, 0) is 25.5 Å². The molecule has 1 aromatic rings. The summed E-state index contributed by atoms with van der Waals surface area (Å²) in [5.74, 6) is -0.733. The summed E-state index contributed by atoms with van der Waals surface area (Å²) in [7, 11) is 0. The van der Waals surface area contributed by atoms with Gasteiger partial charge in [0, 0.05) is 12.7 Å². The van der Waals surface area contributed by atoms with Crippen LogP contribution in [0.3, 0.4) is 0 Å². The Morgan fingerprint density at radius 3 is 2.63 bits per heavy atom. The number of nitrogens with one attached hydrogen (secondary N) is 1. The third-order valence-corrected chi connectivity index (χ3v) is 5.04. The molecule has 1 aliphatic rings. The van der Waals surface area contributed by atoms with Gasteiger partial charge in [-0.25, -0.2) is 0 Å². The molecule has 1 aromatic carbocycles. The highest BCUT2D eigenvalue weighted by Gasteiger charge is 2.21. The Morgan fingerprint density at radius 2 is 1.96 bits per heavy atom. The molecule has 1 aliphatic carbocycles. The zero-order chi connectivity index (χ0) is 19.5. The van der Waals surface area contributed by atoms with Gasteiger partial charge in [-0.3, -0.25) is 14.4 Å². The van der Waals surface area contributed by atoms with Crippen LogP contribution >= 0.6 is 11.8 Å². The molecule has 0 aromatic heterocycles. The average Bonchev–Trinajstić information content (AvgIpc) is 2.69. The third-order valence-electron chi connectivity index (χ3n) is 4.06. The molecule has 5 nitrogen and oxygen atoms in total. The van der Waals surface area contributed by atoms with Crippen LogP contribution < -0.4 is 5.32 Å². The highest BCUT2D eigenvalue weighted by Crippen LogP contribution is 2.16. The molecule has 0 fully saturated rings. The lowest BCUT2D eigenvalue weighted by Crippen LogP contribution is -2.37. The summed E-state index contributed by atoms with van der Waals surface area (Å²) in [4.78, 5) is 35.7. The van der Waals surface area contributed by atoms with Gasteiger partial charge in [-0.1, -0.05) is 60.3 Å². The zero-order valence-corrected chi connectivity index (χ0v) is 16.3. The molecule has 0 heterocycles. The second-order valence-corrected chi connectivity index (χ2v) is 7.52. The minimum atomic E-state index is -0.471. The predicted octanol–water partition coefficient (Wildman–Crippen LogP) is 3.06. The van der Waals surface area contributed by atoms with Crippen molar-refractivity contribution in [3.8, 4) is 0 Å². The van der Waals surface area contributed by atoms with E-state index in [1.54, 1.807) is 0 Å². The summed E-state index contributed by atoms with van der Waals surface area (Å²) in [6.07, 6.45) is 8.51. The number of thioether (sulfide) groups is 1. The van der Waals surface area contributed by atoms with Crippen molar-refractivity contribution in [2.75, 3.05) is 18.9 Å². The van der Waals surface area contributed by atoms with Gasteiger partial charge in [-0.15, -0.1) is 0 Å². The van der Waals surface area contributed by atoms with E-state index in [1.165, 1.54) is 6.92 Å². The van der Waals surface area contributed by atoms with E-state index in [2.05, 4.69) is 5.32 Å². The normalized spacial score (nSPS) is 14.2. The van der Waals surface area contributed by atoms with Crippen LogP contribution in [0.1, 0.15) is 25.3 Å². The Kier molecular flexibility index (Phi) is 8.84. The molecule has 0 radical (unpaired) electrons. The van der Waals surface area contributed by atoms with E-state index in [0.29, 0.717) is 12.2 Å². The molecular weight excluding hydrogens is 362 g/mol. The molecule has 144 valence electrons. The smallest absolute Gasteiger partial charge is 0.325 e. The largest absolute Gasteiger partial charge is 0.460 e. The summed E-state index contributed by atoms with van der Waals surface area (Å²) in [5.41, 5.74) is 1.99. The molecule has 0 spiro atoms. The monoisotopic (exact) mass is 387 g/mol. The molecule has 0 saturated carbocycles. The number of allylic oxidation sites excluding steroid dienone is 2. The standard InChI is InChI=1S/C21H25NO4S/c1-16(23)27-15-19(12-17-8-4-2-5-9-17)21(25)22-13-20(24)26-14-18-10-6-3-7-11-18/h2,4-6,8-11,19H,3,7,12-15H2,1H3,(H,22,25). The number of carbonyl (C=O) groups excluding carboxylic acids is 3. The highest BCUT2D eigenvalue weighted by atomic mass is 32.2. The van der Waals surface area contributed by atoms with E-state index in [9.17, 15) is 14.4 Å². The maximum Gasteiger partial charge on any atom is 0.325 e. The minimum Gasteiger partial charge on any atom is -0.460 e. The van der Waals surface area contributed by atoms with Gasteiger partial charge < -0.3 is 10.1 Å². The van der Waals surface area contributed by atoms with Crippen LogP contribution in [0.2, 0.25) is 0 Å². The van der Waals surface area contributed by atoms with Crippen LogP contribution in [0.25, 0.3) is 0 Å². The fourth-order valence-electron chi connectivity index (χ4n) is 2.64. The van der Waals surface area contributed by atoms with Crippen molar-refractivity contribution < 1.29 is 19.1 Å². The van der Waals surface area contributed by atoms with E-state index in [0.717, 1.165) is 35.7 Å². The lowest BCUT2D eigenvalue weighted by molar-refractivity contribution is -0.143. The summed E-state index contributed by atoms with van der Waals surface area (Å²) < 4.78 is 5.20. The average molecular weight is 388 g/mol. The number of amides is 1. The summed E-state index contributed by atoms with van der Waals surface area (Å²) in [6.45, 7) is 1.53. The van der Waals surface area contributed by atoms with Crippen molar-refractivity contribution in [2.24, 2.45) is 5.92 Å². The SMILES string of the molecule is CC(=O)SCC(Cc1ccccc1)C(=O)NCC(=O)OCC1=CCCC=C1. The lowest BCUT2D eigenvalue weighted by atomic mass is 10.0.